The summed E-state index contributed by atoms with van der Waals surface area (Å²) in [6.45, 7) is 0. The Morgan fingerprint density at radius 3 is 2.48 bits per heavy atom. The molecule has 0 aliphatic rings. The van der Waals surface area contributed by atoms with Crippen LogP contribution in [-0.2, 0) is 6.42 Å². The lowest BCUT2D eigenvalue weighted by Gasteiger charge is -2.11. The fourth-order valence-corrected chi connectivity index (χ4v) is 3.12. The number of aromatic nitrogens is 2. The molecule has 2 aromatic heterocycles. The highest BCUT2D eigenvalue weighted by atomic mass is 16.3. The smallest absolute Gasteiger partial charge is 0.255 e. The Balaban J connectivity index is 1.60. The summed E-state index contributed by atoms with van der Waals surface area (Å²) in [5, 5.41) is 13.7. The molecular weight excluding hydrogens is 362 g/mol. The second-order valence-electron chi connectivity index (χ2n) is 6.59. The molecule has 4 rings (SSSR count). The summed E-state index contributed by atoms with van der Waals surface area (Å²) in [7, 11) is 0. The fraction of sp³-hybridized carbons (Fsp3) is 0.0417. The molecule has 2 heterocycles. The molecule has 0 fully saturated rings. The maximum Gasteiger partial charge on any atom is 0.255 e. The monoisotopic (exact) mass is 381 g/mol. The van der Waals surface area contributed by atoms with E-state index in [0.717, 1.165) is 11.1 Å². The molecule has 0 atom stereocenters. The number of carbonyl (C=O) groups excluding carboxylic acids is 1. The zero-order valence-electron chi connectivity index (χ0n) is 15.6. The number of pyridine rings is 2. The number of hydrogen-bond acceptors (Lipinski definition) is 4. The summed E-state index contributed by atoms with van der Waals surface area (Å²) in [6.07, 6.45) is 5.39. The van der Waals surface area contributed by atoms with E-state index in [1.54, 1.807) is 36.8 Å². The summed E-state index contributed by atoms with van der Waals surface area (Å²) in [5.41, 5.74) is 4.33. The van der Waals surface area contributed by atoms with Gasteiger partial charge in [0.05, 0.1) is 5.69 Å². The average molecular weight is 381 g/mol. The van der Waals surface area contributed by atoms with Crippen LogP contribution in [0.5, 0.6) is 5.75 Å². The summed E-state index contributed by atoms with van der Waals surface area (Å²) in [5.74, 6) is -0.0674. The van der Waals surface area contributed by atoms with Gasteiger partial charge < -0.3 is 10.4 Å². The van der Waals surface area contributed by atoms with Gasteiger partial charge in [-0.25, -0.2) is 0 Å². The van der Waals surface area contributed by atoms with Crippen LogP contribution in [0.4, 0.5) is 5.69 Å². The van der Waals surface area contributed by atoms with Crippen LogP contribution < -0.4 is 5.32 Å². The van der Waals surface area contributed by atoms with E-state index in [2.05, 4.69) is 15.3 Å². The first kappa shape index (κ1) is 18.4. The number of aromatic hydroxyl groups is 1. The minimum absolute atomic E-state index is 0.147. The molecule has 142 valence electrons. The first-order valence-corrected chi connectivity index (χ1v) is 9.23. The first-order chi connectivity index (χ1) is 14.2. The van der Waals surface area contributed by atoms with Crippen LogP contribution in [0.2, 0.25) is 0 Å². The van der Waals surface area contributed by atoms with E-state index in [0.29, 0.717) is 28.9 Å². The minimum Gasteiger partial charge on any atom is -0.505 e. The van der Waals surface area contributed by atoms with Crippen LogP contribution in [0.1, 0.15) is 21.6 Å². The van der Waals surface area contributed by atoms with E-state index in [1.165, 1.54) is 0 Å². The van der Waals surface area contributed by atoms with Crippen LogP contribution in [0.15, 0.2) is 91.4 Å². The van der Waals surface area contributed by atoms with Crippen molar-refractivity contribution in [1.29, 1.82) is 0 Å². The van der Waals surface area contributed by atoms with Gasteiger partial charge in [-0.2, -0.15) is 0 Å². The third kappa shape index (κ3) is 4.30. The van der Waals surface area contributed by atoms with Crippen LogP contribution in [-0.4, -0.2) is 21.0 Å². The van der Waals surface area contributed by atoms with E-state index >= 15 is 0 Å². The molecule has 0 aliphatic heterocycles. The quantitative estimate of drug-likeness (QED) is 0.526. The molecule has 1 amide bonds. The molecule has 29 heavy (non-hydrogen) atoms. The molecule has 0 unspecified atom stereocenters. The van der Waals surface area contributed by atoms with Crippen LogP contribution in [0.25, 0.3) is 11.1 Å². The Morgan fingerprint density at radius 2 is 1.69 bits per heavy atom. The maximum atomic E-state index is 12.4. The Morgan fingerprint density at radius 1 is 0.897 bits per heavy atom. The zero-order chi connectivity index (χ0) is 20.1. The number of nitrogens with zero attached hydrogens (tertiary/aromatic N) is 2. The van der Waals surface area contributed by atoms with E-state index in [4.69, 9.17) is 0 Å². The molecule has 0 saturated carbocycles. The van der Waals surface area contributed by atoms with Crippen molar-refractivity contribution in [2.75, 3.05) is 5.32 Å². The maximum absolute atomic E-state index is 12.4. The van der Waals surface area contributed by atoms with Gasteiger partial charge in [0.25, 0.3) is 5.91 Å². The van der Waals surface area contributed by atoms with Crippen molar-refractivity contribution >= 4 is 11.6 Å². The second-order valence-corrected chi connectivity index (χ2v) is 6.59. The van der Waals surface area contributed by atoms with E-state index in [-0.39, 0.29) is 11.7 Å². The van der Waals surface area contributed by atoms with E-state index in [9.17, 15) is 9.90 Å². The highest BCUT2D eigenvalue weighted by molar-refractivity contribution is 6.04. The van der Waals surface area contributed by atoms with Gasteiger partial charge in [-0.1, -0.05) is 42.5 Å². The van der Waals surface area contributed by atoms with Crippen LogP contribution in [0, 0.1) is 0 Å². The Bertz CT molecular complexity index is 1130. The van der Waals surface area contributed by atoms with Gasteiger partial charge >= 0.3 is 0 Å². The number of anilines is 1. The van der Waals surface area contributed by atoms with Gasteiger partial charge in [0.15, 0.2) is 0 Å². The van der Waals surface area contributed by atoms with Crippen molar-refractivity contribution < 1.29 is 9.90 Å². The predicted octanol–water partition coefficient (Wildman–Crippen LogP) is 4.69. The van der Waals surface area contributed by atoms with Gasteiger partial charge in [0.1, 0.15) is 5.75 Å². The van der Waals surface area contributed by atoms with Gasteiger partial charge in [-0.05, 0) is 41.5 Å². The van der Waals surface area contributed by atoms with E-state index < -0.39 is 0 Å². The Kier molecular flexibility index (Phi) is 5.29. The first-order valence-electron chi connectivity index (χ1n) is 9.23. The lowest BCUT2D eigenvalue weighted by molar-refractivity contribution is 0.102. The molecule has 0 spiro atoms. The molecule has 0 bridgehead atoms. The van der Waals surface area contributed by atoms with Crippen LogP contribution in [0.3, 0.4) is 0 Å². The van der Waals surface area contributed by atoms with Crippen molar-refractivity contribution in [2.45, 2.75) is 6.42 Å². The van der Waals surface area contributed by atoms with Gasteiger partial charge in [0, 0.05) is 41.8 Å². The molecule has 2 N–H and O–H groups in total. The predicted molar refractivity (Wildman–Crippen MR) is 113 cm³/mol. The molecule has 4 aromatic rings. The van der Waals surface area contributed by atoms with E-state index in [1.807, 2.05) is 54.6 Å². The Hall–Kier alpha value is -3.99. The van der Waals surface area contributed by atoms with Crippen molar-refractivity contribution in [3.63, 3.8) is 0 Å². The van der Waals surface area contributed by atoms with Crippen molar-refractivity contribution in [3.05, 3.63) is 108 Å². The lowest BCUT2D eigenvalue weighted by Crippen LogP contribution is -2.11. The molecular formula is C24H19N3O2. The summed E-state index contributed by atoms with van der Waals surface area (Å²) in [4.78, 5) is 20.7. The second kappa shape index (κ2) is 8.35. The van der Waals surface area contributed by atoms with Crippen molar-refractivity contribution in [2.24, 2.45) is 0 Å². The van der Waals surface area contributed by atoms with Crippen LogP contribution >= 0.6 is 0 Å². The van der Waals surface area contributed by atoms with Gasteiger partial charge in [-0.3, -0.25) is 14.8 Å². The average Bonchev–Trinajstić information content (AvgIpc) is 2.77. The highest BCUT2D eigenvalue weighted by Crippen LogP contribution is 2.33. The van der Waals surface area contributed by atoms with Gasteiger partial charge in [0.2, 0.25) is 0 Å². The normalized spacial score (nSPS) is 10.5. The number of nitrogens with one attached hydrogen (secondary N) is 1. The molecule has 2 aromatic carbocycles. The molecule has 0 radical (unpaired) electrons. The summed E-state index contributed by atoms with van der Waals surface area (Å²) in [6, 6.07) is 22.4. The lowest BCUT2D eigenvalue weighted by atomic mass is 10.0. The zero-order valence-corrected chi connectivity index (χ0v) is 15.6. The molecule has 5 heteroatoms. The summed E-state index contributed by atoms with van der Waals surface area (Å²) >= 11 is 0. The van der Waals surface area contributed by atoms with Crippen molar-refractivity contribution in [1.82, 2.24) is 9.97 Å². The topological polar surface area (TPSA) is 75.1 Å². The number of rotatable bonds is 5. The molecule has 5 nitrogen and oxygen atoms in total. The third-order valence-corrected chi connectivity index (χ3v) is 4.59. The summed E-state index contributed by atoms with van der Waals surface area (Å²) < 4.78 is 0. The molecule has 0 saturated heterocycles. The van der Waals surface area contributed by atoms with Gasteiger partial charge in [-0.15, -0.1) is 0 Å². The van der Waals surface area contributed by atoms with Crippen molar-refractivity contribution in [3.8, 4) is 16.9 Å². The minimum atomic E-state index is -0.215. The fourth-order valence-electron chi connectivity index (χ4n) is 3.12. The largest absolute Gasteiger partial charge is 0.505 e. The number of amides is 1. The standard InChI is InChI=1S/C24H19N3O2/c28-23-21(11-14-26-22(23)15-17-5-2-1-3-6-17)19-7-4-8-20(16-19)27-24(29)18-9-12-25-13-10-18/h1-14,16,28H,15H2,(H,27,29). The third-order valence-electron chi connectivity index (χ3n) is 4.59. The number of carbonyl (C=O) groups is 1. The number of benzene rings is 2. The highest BCUT2D eigenvalue weighted by Gasteiger charge is 2.12. The SMILES string of the molecule is O=C(Nc1cccc(-c2ccnc(Cc3ccccc3)c2O)c1)c1ccncc1. The number of hydrogen-bond donors (Lipinski definition) is 2. The molecule has 0 aliphatic carbocycles. The Labute approximate surface area is 168 Å².